The quantitative estimate of drug-likeness (QED) is 0.565. The number of aliphatic hydroxyl groups is 1. The number of anilines is 1. The van der Waals surface area contributed by atoms with Crippen LogP contribution in [0.25, 0.3) is 0 Å². The summed E-state index contributed by atoms with van der Waals surface area (Å²) in [6, 6.07) is 5.81. The highest BCUT2D eigenvalue weighted by Gasteiger charge is 2.28. The van der Waals surface area contributed by atoms with Crippen molar-refractivity contribution in [2.45, 2.75) is 38.6 Å². The maximum absolute atomic E-state index is 12.8. The number of rotatable bonds is 5. The summed E-state index contributed by atoms with van der Waals surface area (Å²) in [4.78, 5) is 14.6. The number of aliphatic hydroxyl groups excluding tert-OH is 1. The molecule has 4 N–H and O–H groups in total. The minimum absolute atomic E-state index is 0.0144. The molecule has 1 aromatic rings. The Morgan fingerprint density at radius 2 is 2.15 bits per heavy atom. The van der Waals surface area contributed by atoms with Crippen LogP contribution in [0, 0.1) is 6.92 Å². The van der Waals surface area contributed by atoms with E-state index < -0.39 is 0 Å². The maximum Gasteiger partial charge on any atom is 0.256 e. The molecule has 0 aliphatic heterocycles. The molecule has 0 bridgehead atoms. The van der Waals surface area contributed by atoms with Gasteiger partial charge in [0.25, 0.3) is 5.91 Å². The van der Waals surface area contributed by atoms with Crippen molar-refractivity contribution < 1.29 is 9.90 Å². The molecule has 1 amide bonds. The summed E-state index contributed by atoms with van der Waals surface area (Å²) in [6.07, 6.45) is 4.33. The Morgan fingerprint density at radius 3 is 2.75 bits per heavy atom. The van der Waals surface area contributed by atoms with E-state index in [1.807, 2.05) is 25.1 Å². The molecule has 2 rings (SSSR count). The van der Waals surface area contributed by atoms with Crippen molar-refractivity contribution >= 4 is 11.6 Å². The first-order chi connectivity index (χ1) is 9.67. The highest BCUT2D eigenvalue weighted by Crippen LogP contribution is 2.26. The van der Waals surface area contributed by atoms with E-state index in [0.717, 1.165) is 31.2 Å². The molecule has 0 atom stereocenters. The van der Waals surface area contributed by atoms with Gasteiger partial charge in [-0.1, -0.05) is 24.5 Å². The van der Waals surface area contributed by atoms with Crippen LogP contribution in [0.5, 0.6) is 0 Å². The van der Waals surface area contributed by atoms with Gasteiger partial charge in [-0.2, -0.15) is 0 Å². The molecule has 0 heterocycles. The summed E-state index contributed by atoms with van der Waals surface area (Å²) in [5, 5.41) is 9.24. The zero-order chi connectivity index (χ0) is 14.5. The summed E-state index contributed by atoms with van der Waals surface area (Å²) in [6.45, 7) is 2.31. The molecule has 20 heavy (non-hydrogen) atoms. The molecule has 0 unspecified atom stereocenters. The van der Waals surface area contributed by atoms with Gasteiger partial charge in [0.1, 0.15) is 0 Å². The lowest BCUT2D eigenvalue weighted by Gasteiger charge is -2.29. The predicted octanol–water partition coefficient (Wildman–Crippen LogP) is 1.66. The van der Waals surface area contributed by atoms with E-state index in [1.165, 1.54) is 0 Å². The summed E-state index contributed by atoms with van der Waals surface area (Å²) in [5.74, 6) is 5.44. The second-order valence-electron chi connectivity index (χ2n) is 5.35. The number of nitrogens with one attached hydrogen (secondary N) is 1. The molecule has 1 aliphatic carbocycles. The number of carbonyl (C=O) groups is 1. The Morgan fingerprint density at radius 1 is 1.45 bits per heavy atom. The van der Waals surface area contributed by atoms with Crippen LogP contribution in [0.1, 0.15) is 41.6 Å². The standard InChI is InChI=1S/C15H23N3O2/c1-11-6-7-14(17-16)13(10-11)15(20)18(8-9-19)12-4-2-3-5-12/h6-7,10,12,17,19H,2-5,8-9,16H2,1H3. The fourth-order valence-electron chi connectivity index (χ4n) is 2.89. The van der Waals surface area contributed by atoms with Gasteiger partial charge >= 0.3 is 0 Å². The number of benzene rings is 1. The SMILES string of the molecule is Cc1ccc(NN)c(C(=O)N(CCO)C2CCCC2)c1. The van der Waals surface area contributed by atoms with Crippen molar-refractivity contribution in [3.63, 3.8) is 0 Å². The molecule has 1 aliphatic rings. The summed E-state index contributed by atoms with van der Waals surface area (Å²) in [7, 11) is 0. The van der Waals surface area contributed by atoms with E-state index in [-0.39, 0.29) is 18.6 Å². The van der Waals surface area contributed by atoms with Crippen molar-refractivity contribution in [1.82, 2.24) is 4.90 Å². The topological polar surface area (TPSA) is 78.6 Å². The van der Waals surface area contributed by atoms with Gasteiger partial charge in [-0.3, -0.25) is 10.6 Å². The number of hydrogen-bond acceptors (Lipinski definition) is 4. The molecule has 5 heteroatoms. The molecule has 0 spiro atoms. The third-order valence-corrected chi connectivity index (χ3v) is 3.93. The zero-order valence-electron chi connectivity index (χ0n) is 11.9. The van der Waals surface area contributed by atoms with Gasteiger partial charge in [0.2, 0.25) is 0 Å². The van der Waals surface area contributed by atoms with Crippen molar-refractivity contribution in [2.24, 2.45) is 5.84 Å². The van der Waals surface area contributed by atoms with E-state index in [1.54, 1.807) is 4.90 Å². The minimum Gasteiger partial charge on any atom is -0.395 e. The molecule has 1 fully saturated rings. The van der Waals surface area contributed by atoms with Gasteiger partial charge in [-0.05, 0) is 31.9 Å². The first-order valence-corrected chi connectivity index (χ1v) is 7.16. The van der Waals surface area contributed by atoms with Gasteiger partial charge in [-0.15, -0.1) is 0 Å². The molecule has 5 nitrogen and oxygen atoms in total. The second kappa shape index (κ2) is 6.72. The lowest BCUT2D eigenvalue weighted by Crippen LogP contribution is -2.41. The largest absolute Gasteiger partial charge is 0.395 e. The van der Waals surface area contributed by atoms with Gasteiger partial charge in [-0.25, -0.2) is 0 Å². The summed E-state index contributed by atoms with van der Waals surface area (Å²) < 4.78 is 0. The molecular weight excluding hydrogens is 254 g/mol. The van der Waals surface area contributed by atoms with Crippen molar-refractivity contribution in [3.8, 4) is 0 Å². The van der Waals surface area contributed by atoms with E-state index in [9.17, 15) is 9.90 Å². The van der Waals surface area contributed by atoms with Gasteiger partial charge < -0.3 is 15.4 Å². The molecule has 0 saturated heterocycles. The highest BCUT2D eigenvalue weighted by molar-refractivity contribution is 6.00. The van der Waals surface area contributed by atoms with Crippen molar-refractivity contribution in [2.75, 3.05) is 18.6 Å². The fraction of sp³-hybridized carbons (Fsp3) is 0.533. The number of amides is 1. The Labute approximate surface area is 119 Å². The monoisotopic (exact) mass is 277 g/mol. The Bertz CT molecular complexity index is 470. The Hall–Kier alpha value is -1.59. The fourth-order valence-corrected chi connectivity index (χ4v) is 2.89. The second-order valence-corrected chi connectivity index (χ2v) is 5.35. The average molecular weight is 277 g/mol. The van der Waals surface area contributed by atoms with E-state index >= 15 is 0 Å². The zero-order valence-corrected chi connectivity index (χ0v) is 11.9. The van der Waals surface area contributed by atoms with Crippen molar-refractivity contribution in [1.29, 1.82) is 0 Å². The van der Waals surface area contributed by atoms with Crippen LogP contribution in [0.3, 0.4) is 0 Å². The number of carbonyl (C=O) groups excluding carboxylic acids is 1. The predicted molar refractivity (Wildman–Crippen MR) is 79.4 cm³/mol. The maximum atomic E-state index is 12.8. The number of hydrogen-bond donors (Lipinski definition) is 3. The molecule has 1 saturated carbocycles. The van der Waals surface area contributed by atoms with Gasteiger partial charge in [0, 0.05) is 12.6 Å². The van der Waals surface area contributed by atoms with Crippen LogP contribution in [-0.2, 0) is 0 Å². The normalized spacial score (nSPS) is 15.3. The molecule has 1 aromatic carbocycles. The summed E-state index contributed by atoms with van der Waals surface area (Å²) in [5.41, 5.74) is 4.80. The highest BCUT2D eigenvalue weighted by atomic mass is 16.3. The molecular formula is C15H23N3O2. The first kappa shape index (κ1) is 14.8. The number of nitrogens with zero attached hydrogens (tertiary/aromatic N) is 1. The third-order valence-electron chi connectivity index (χ3n) is 3.93. The average Bonchev–Trinajstić information content (AvgIpc) is 2.98. The van der Waals surface area contributed by atoms with Gasteiger partial charge in [0.15, 0.2) is 0 Å². The van der Waals surface area contributed by atoms with Crippen LogP contribution in [-0.4, -0.2) is 35.1 Å². The molecule has 0 aromatic heterocycles. The number of hydrazine groups is 1. The molecule has 0 radical (unpaired) electrons. The first-order valence-electron chi connectivity index (χ1n) is 7.16. The Balaban J connectivity index is 2.28. The lowest BCUT2D eigenvalue weighted by molar-refractivity contribution is 0.0639. The lowest BCUT2D eigenvalue weighted by atomic mass is 10.1. The summed E-state index contributed by atoms with van der Waals surface area (Å²) >= 11 is 0. The van der Waals surface area contributed by atoms with E-state index in [0.29, 0.717) is 17.8 Å². The molecule has 110 valence electrons. The van der Waals surface area contributed by atoms with Crippen LogP contribution >= 0.6 is 0 Å². The van der Waals surface area contributed by atoms with Crippen LogP contribution in [0.4, 0.5) is 5.69 Å². The number of nitrogens with two attached hydrogens (primary N) is 1. The third kappa shape index (κ3) is 3.11. The van der Waals surface area contributed by atoms with Crippen molar-refractivity contribution in [3.05, 3.63) is 29.3 Å². The Kier molecular flexibility index (Phi) is 4.98. The van der Waals surface area contributed by atoms with Crippen LogP contribution in [0.15, 0.2) is 18.2 Å². The van der Waals surface area contributed by atoms with E-state index in [4.69, 9.17) is 5.84 Å². The number of aryl methyl sites for hydroxylation is 1. The van der Waals surface area contributed by atoms with Crippen LogP contribution in [0.2, 0.25) is 0 Å². The smallest absolute Gasteiger partial charge is 0.256 e. The van der Waals surface area contributed by atoms with Gasteiger partial charge in [0.05, 0.1) is 17.9 Å². The van der Waals surface area contributed by atoms with Crippen LogP contribution < -0.4 is 11.3 Å². The number of nitrogen functional groups attached to an aromatic ring is 1. The minimum atomic E-state index is -0.0531. The van der Waals surface area contributed by atoms with E-state index in [2.05, 4.69) is 5.43 Å².